The molecule has 3 N–H and O–H groups in total. The minimum atomic E-state index is 0.0873. The van der Waals surface area contributed by atoms with Crippen molar-refractivity contribution < 1.29 is 9.94 Å². The number of nitrogens with zero attached hydrogens (tertiary/aromatic N) is 1. The molecule has 0 unspecified atom stereocenters. The second kappa shape index (κ2) is 6.24. The summed E-state index contributed by atoms with van der Waals surface area (Å²) in [4.78, 5) is 0. The summed E-state index contributed by atoms with van der Waals surface area (Å²) in [5, 5.41) is 11.6. The Morgan fingerprint density at radius 3 is 2.74 bits per heavy atom. The normalized spacial score (nSPS) is 11.3. The van der Waals surface area contributed by atoms with Crippen LogP contribution < -0.4 is 10.5 Å². The Labute approximate surface area is 119 Å². The molecule has 2 rings (SSSR count). The molecule has 19 heavy (non-hydrogen) atoms. The van der Waals surface area contributed by atoms with Gasteiger partial charge in [0.15, 0.2) is 5.84 Å². The molecule has 0 amide bonds. The van der Waals surface area contributed by atoms with Gasteiger partial charge >= 0.3 is 0 Å². The molecule has 0 bridgehead atoms. The second-order valence-corrected chi connectivity index (χ2v) is 4.85. The predicted octanol–water partition coefficient (Wildman–Crippen LogP) is 3.12. The van der Waals surface area contributed by atoms with E-state index in [2.05, 4.69) is 21.1 Å². The molecule has 0 aliphatic rings. The van der Waals surface area contributed by atoms with E-state index in [4.69, 9.17) is 15.7 Å². The van der Waals surface area contributed by atoms with Gasteiger partial charge in [-0.15, -0.1) is 0 Å². The van der Waals surface area contributed by atoms with Crippen LogP contribution >= 0.6 is 15.9 Å². The zero-order chi connectivity index (χ0) is 13.7. The average molecular weight is 321 g/mol. The van der Waals surface area contributed by atoms with Gasteiger partial charge in [-0.25, -0.2) is 0 Å². The molecule has 0 spiro atoms. The maximum absolute atomic E-state index is 8.64. The van der Waals surface area contributed by atoms with Crippen molar-refractivity contribution in [2.24, 2.45) is 10.9 Å². The number of nitrogens with two attached hydrogens (primary N) is 1. The van der Waals surface area contributed by atoms with E-state index in [-0.39, 0.29) is 5.84 Å². The molecule has 2 aromatic carbocycles. The van der Waals surface area contributed by atoms with Crippen molar-refractivity contribution in [2.75, 3.05) is 0 Å². The van der Waals surface area contributed by atoms with E-state index < -0.39 is 0 Å². The lowest BCUT2D eigenvalue weighted by Gasteiger charge is -2.07. The van der Waals surface area contributed by atoms with Gasteiger partial charge < -0.3 is 15.7 Å². The molecule has 0 atom stereocenters. The van der Waals surface area contributed by atoms with E-state index in [1.807, 2.05) is 42.5 Å². The van der Waals surface area contributed by atoms with Crippen LogP contribution in [0, 0.1) is 0 Å². The number of halogens is 1. The quantitative estimate of drug-likeness (QED) is 0.393. The van der Waals surface area contributed by atoms with Crippen molar-refractivity contribution in [2.45, 2.75) is 6.61 Å². The second-order valence-electron chi connectivity index (χ2n) is 3.93. The fourth-order valence-electron chi connectivity index (χ4n) is 1.60. The van der Waals surface area contributed by atoms with Crippen molar-refractivity contribution in [3.05, 3.63) is 64.1 Å². The van der Waals surface area contributed by atoms with E-state index in [0.717, 1.165) is 15.8 Å². The smallest absolute Gasteiger partial charge is 0.170 e. The third kappa shape index (κ3) is 3.72. The maximum atomic E-state index is 8.64. The first-order valence-corrected chi connectivity index (χ1v) is 6.43. The van der Waals surface area contributed by atoms with Gasteiger partial charge in [0.25, 0.3) is 0 Å². The van der Waals surface area contributed by atoms with Gasteiger partial charge in [-0.05, 0) is 29.8 Å². The lowest BCUT2D eigenvalue weighted by Crippen LogP contribution is -2.13. The van der Waals surface area contributed by atoms with Crippen molar-refractivity contribution >= 4 is 21.8 Å². The van der Waals surface area contributed by atoms with E-state index >= 15 is 0 Å². The first kappa shape index (κ1) is 13.4. The Hall–Kier alpha value is -2.01. The number of rotatable bonds is 4. The largest absolute Gasteiger partial charge is 0.489 e. The predicted molar refractivity (Wildman–Crippen MR) is 77.4 cm³/mol. The first-order chi connectivity index (χ1) is 9.19. The Morgan fingerprint density at radius 1 is 1.21 bits per heavy atom. The highest BCUT2D eigenvalue weighted by atomic mass is 79.9. The summed E-state index contributed by atoms with van der Waals surface area (Å²) in [6, 6.07) is 15.0. The van der Waals surface area contributed by atoms with Crippen LogP contribution in [0.25, 0.3) is 0 Å². The summed E-state index contributed by atoms with van der Waals surface area (Å²) < 4.78 is 6.64. The number of amidine groups is 1. The van der Waals surface area contributed by atoms with Crippen LogP contribution in [0.5, 0.6) is 5.75 Å². The Bertz CT molecular complexity index is 600. The summed E-state index contributed by atoms with van der Waals surface area (Å²) in [5.41, 5.74) is 7.16. The van der Waals surface area contributed by atoms with Crippen LogP contribution in [0.3, 0.4) is 0 Å². The van der Waals surface area contributed by atoms with Crippen molar-refractivity contribution in [3.63, 3.8) is 0 Å². The SMILES string of the molecule is N/C(=N\O)c1cccc(COc2cccc(Br)c2)c1. The van der Waals surface area contributed by atoms with E-state index in [0.29, 0.717) is 12.2 Å². The molecule has 0 aromatic heterocycles. The van der Waals surface area contributed by atoms with Gasteiger partial charge in [-0.1, -0.05) is 45.4 Å². The molecule has 0 fully saturated rings. The Morgan fingerprint density at radius 2 is 2.00 bits per heavy atom. The molecular formula is C14H13BrN2O2. The molecule has 0 saturated heterocycles. The van der Waals surface area contributed by atoms with Crippen LogP contribution in [0.1, 0.15) is 11.1 Å². The van der Waals surface area contributed by atoms with E-state index in [9.17, 15) is 0 Å². The van der Waals surface area contributed by atoms with Gasteiger partial charge in [0.05, 0.1) is 0 Å². The molecule has 5 heteroatoms. The summed E-state index contributed by atoms with van der Waals surface area (Å²) in [5.74, 6) is 0.868. The summed E-state index contributed by atoms with van der Waals surface area (Å²) in [7, 11) is 0. The molecule has 4 nitrogen and oxygen atoms in total. The fraction of sp³-hybridized carbons (Fsp3) is 0.0714. The average Bonchev–Trinajstić information content (AvgIpc) is 2.45. The van der Waals surface area contributed by atoms with Crippen LogP contribution in [0.4, 0.5) is 0 Å². The van der Waals surface area contributed by atoms with Crippen LogP contribution in [0.15, 0.2) is 58.2 Å². The van der Waals surface area contributed by atoms with Gasteiger partial charge in [0, 0.05) is 10.0 Å². The molecule has 2 aromatic rings. The summed E-state index contributed by atoms with van der Waals surface area (Å²) in [6.45, 7) is 0.420. The highest BCUT2D eigenvalue weighted by Gasteiger charge is 2.02. The number of benzene rings is 2. The maximum Gasteiger partial charge on any atom is 0.170 e. The number of oxime groups is 1. The van der Waals surface area contributed by atoms with Crippen LogP contribution in [0.2, 0.25) is 0 Å². The number of hydrogen-bond acceptors (Lipinski definition) is 3. The standard InChI is InChI=1S/C14H13BrN2O2/c15-12-5-2-6-13(8-12)19-9-10-3-1-4-11(7-10)14(16)17-18/h1-8,18H,9H2,(H2,16,17). The van der Waals surface area contributed by atoms with Gasteiger partial charge in [0.1, 0.15) is 12.4 Å². The summed E-state index contributed by atoms with van der Waals surface area (Å²) >= 11 is 3.39. The molecule has 0 aliphatic heterocycles. The third-order valence-electron chi connectivity index (χ3n) is 2.53. The number of ether oxygens (including phenoxy) is 1. The van der Waals surface area contributed by atoms with Gasteiger partial charge in [0.2, 0.25) is 0 Å². The molecular weight excluding hydrogens is 308 g/mol. The molecule has 0 heterocycles. The fourth-order valence-corrected chi connectivity index (χ4v) is 1.98. The van der Waals surface area contributed by atoms with E-state index in [1.165, 1.54) is 0 Å². The van der Waals surface area contributed by atoms with E-state index in [1.54, 1.807) is 6.07 Å². The lowest BCUT2D eigenvalue weighted by atomic mass is 10.1. The van der Waals surface area contributed by atoms with Gasteiger partial charge in [-0.3, -0.25) is 0 Å². The lowest BCUT2D eigenvalue weighted by molar-refractivity contribution is 0.306. The first-order valence-electron chi connectivity index (χ1n) is 5.64. The minimum absolute atomic E-state index is 0.0873. The zero-order valence-electron chi connectivity index (χ0n) is 10.1. The van der Waals surface area contributed by atoms with Gasteiger partial charge in [-0.2, -0.15) is 0 Å². The molecule has 0 radical (unpaired) electrons. The zero-order valence-corrected chi connectivity index (χ0v) is 11.7. The Kier molecular flexibility index (Phi) is 4.41. The minimum Gasteiger partial charge on any atom is -0.489 e. The van der Waals surface area contributed by atoms with Crippen LogP contribution in [-0.4, -0.2) is 11.0 Å². The molecule has 0 aliphatic carbocycles. The highest BCUT2D eigenvalue weighted by Crippen LogP contribution is 2.19. The summed E-state index contributed by atoms with van der Waals surface area (Å²) in [6.07, 6.45) is 0. The number of hydrogen-bond donors (Lipinski definition) is 2. The highest BCUT2D eigenvalue weighted by molar-refractivity contribution is 9.10. The van der Waals surface area contributed by atoms with Crippen LogP contribution in [-0.2, 0) is 6.61 Å². The molecule has 0 saturated carbocycles. The topological polar surface area (TPSA) is 67.8 Å². The van der Waals surface area contributed by atoms with Crippen molar-refractivity contribution in [1.29, 1.82) is 0 Å². The third-order valence-corrected chi connectivity index (χ3v) is 3.03. The van der Waals surface area contributed by atoms with Crippen molar-refractivity contribution in [1.82, 2.24) is 0 Å². The Balaban J connectivity index is 2.08. The monoisotopic (exact) mass is 320 g/mol. The van der Waals surface area contributed by atoms with Crippen molar-refractivity contribution in [3.8, 4) is 5.75 Å². The molecule has 98 valence electrons.